The Bertz CT molecular complexity index is 559. The molecule has 23 heavy (non-hydrogen) atoms. The Kier molecular flexibility index (Phi) is 6.61. The van der Waals surface area contributed by atoms with Crippen LogP contribution in [0.2, 0.25) is 0 Å². The SMILES string of the molecule is O=C(O)O.O=C(O)O.c1ccc(C2(c3ccccc3)CC2)cc1. The lowest BCUT2D eigenvalue weighted by Crippen LogP contribution is -2.07. The van der Waals surface area contributed by atoms with Crippen molar-refractivity contribution in [2.24, 2.45) is 0 Å². The van der Waals surface area contributed by atoms with Gasteiger partial charge in [-0.25, -0.2) is 9.59 Å². The first-order valence-corrected chi connectivity index (χ1v) is 6.83. The van der Waals surface area contributed by atoms with Crippen molar-refractivity contribution in [3.63, 3.8) is 0 Å². The van der Waals surface area contributed by atoms with Crippen molar-refractivity contribution >= 4 is 12.3 Å². The van der Waals surface area contributed by atoms with Crippen LogP contribution in [-0.4, -0.2) is 32.7 Å². The van der Waals surface area contributed by atoms with E-state index in [1.54, 1.807) is 0 Å². The van der Waals surface area contributed by atoms with Crippen molar-refractivity contribution in [3.8, 4) is 0 Å². The largest absolute Gasteiger partial charge is 0.503 e. The molecule has 122 valence electrons. The van der Waals surface area contributed by atoms with E-state index in [4.69, 9.17) is 30.0 Å². The first kappa shape index (κ1) is 18.0. The predicted molar refractivity (Wildman–Crippen MR) is 84.2 cm³/mol. The fraction of sp³-hybridized carbons (Fsp3) is 0.176. The highest BCUT2D eigenvalue weighted by Crippen LogP contribution is 2.53. The van der Waals surface area contributed by atoms with Crippen LogP contribution in [0.1, 0.15) is 24.0 Å². The van der Waals surface area contributed by atoms with Crippen molar-refractivity contribution in [3.05, 3.63) is 71.8 Å². The van der Waals surface area contributed by atoms with E-state index in [0.29, 0.717) is 5.41 Å². The molecule has 1 fully saturated rings. The minimum Gasteiger partial charge on any atom is -0.450 e. The standard InChI is InChI=1S/C15H14.2CH2O3/c1-3-7-13(8-4-1)15(11-12-15)14-9-5-2-6-10-14;2*2-1(3)4/h1-10H,11-12H2;2*(H2,2,3,4). The maximum absolute atomic E-state index is 8.56. The molecule has 3 rings (SSSR count). The van der Waals surface area contributed by atoms with Gasteiger partial charge in [0.25, 0.3) is 0 Å². The molecule has 0 amide bonds. The summed E-state index contributed by atoms with van der Waals surface area (Å²) < 4.78 is 0. The molecule has 2 aromatic carbocycles. The quantitative estimate of drug-likeness (QED) is 0.659. The highest BCUT2D eigenvalue weighted by Gasteiger charge is 2.45. The molecule has 1 aliphatic rings. The van der Waals surface area contributed by atoms with Gasteiger partial charge < -0.3 is 20.4 Å². The zero-order valence-electron chi connectivity index (χ0n) is 12.3. The molecule has 6 heteroatoms. The second-order valence-electron chi connectivity index (χ2n) is 4.88. The van der Waals surface area contributed by atoms with Crippen LogP contribution in [0, 0.1) is 0 Å². The lowest BCUT2D eigenvalue weighted by molar-refractivity contribution is 0.135. The summed E-state index contributed by atoms with van der Waals surface area (Å²) in [5.41, 5.74) is 3.27. The normalized spacial score (nSPS) is 13.4. The molecule has 0 aromatic heterocycles. The maximum atomic E-state index is 8.56. The molecule has 0 saturated heterocycles. The van der Waals surface area contributed by atoms with Crippen molar-refractivity contribution in [1.82, 2.24) is 0 Å². The second-order valence-corrected chi connectivity index (χ2v) is 4.88. The summed E-state index contributed by atoms with van der Waals surface area (Å²) in [7, 11) is 0. The van der Waals surface area contributed by atoms with Gasteiger partial charge in [0.05, 0.1) is 0 Å². The number of hydrogen-bond acceptors (Lipinski definition) is 2. The van der Waals surface area contributed by atoms with E-state index >= 15 is 0 Å². The predicted octanol–water partition coefficient (Wildman–Crippen LogP) is 4.21. The van der Waals surface area contributed by atoms with Gasteiger partial charge in [0.15, 0.2) is 0 Å². The number of rotatable bonds is 2. The average Bonchev–Trinajstić information content (AvgIpc) is 3.30. The van der Waals surface area contributed by atoms with Crippen LogP contribution < -0.4 is 0 Å². The maximum Gasteiger partial charge on any atom is 0.503 e. The van der Waals surface area contributed by atoms with E-state index in [-0.39, 0.29) is 0 Å². The molecular weight excluding hydrogens is 300 g/mol. The third-order valence-corrected chi connectivity index (χ3v) is 3.40. The van der Waals surface area contributed by atoms with Crippen molar-refractivity contribution < 1.29 is 30.0 Å². The van der Waals surface area contributed by atoms with Crippen molar-refractivity contribution in [1.29, 1.82) is 0 Å². The Balaban J connectivity index is 0.000000281. The van der Waals surface area contributed by atoms with Gasteiger partial charge in [-0.05, 0) is 24.0 Å². The Morgan fingerprint density at radius 3 is 1.13 bits per heavy atom. The van der Waals surface area contributed by atoms with Gasteiger partial charge in [-0.2, -0.15) is 0 Å². The smallest absolute Gasteiger partial charge is 0.450 e. The fourth-order valence-corrected chi connectivity index (χ4v) is 2.38. The van der Waals surface area contributed by atoms with Gasteiger partial charge in [0.1, 0.15) is 0 Å². The molecule has 0 aliphatic heterocycles. The lowest BCUT2D eigenvalue weighted by Gasteiger charge is -2.15. The first-order chi connectivity index (χ1) is 10.9. The van der Waals surface area contributed by atoms with E-state index in [0.717, 1.165) is 0 Å². The van der Waals surface area contributed by atoms with Gasteiger partial charge >= 0.3 is 12.3 Å². The third kappa shape index (κ3) is 6.09. The summed E-state index contributed by atoms with van der Waals surface area (Å²) in [5, 5.41) is 27.9. The van der Waals surface area contributed by atoms with Gasteiger partial charge in [-0.15, -0.1) is 0 Å². The molecule has 0 unspecified atom stereocenters. The van der Waals surface area contributed by atoms with Crippen molar-refractivity contribution in [2.75, 3.05) is 0 Å². The summed E-state index contributed by atoms with van der Waals surface area (Å²) in [6.45, 7) is 0. The minimum absolute atomic E-state index is 0.336. The van der Waals surface area contributed by atoms with Crippen molar-refractivity contribution in [2.45, 2.75) is 18.3 Å². The van der Waals surface area contributed by atoms with Crippen LogP contribution in [0.5, 0.6) is 0 Å². The zero-order valence-corrected chi connectivity index (χ0v) is 12.3. The molecule has 0 heterocycles. The molecule has 0 radical (unpaired) electrons. The molecule has 6 nitrogen and oxygen atoms in total. The molecule has 1 saturated carbocycles. The Hall–Kier alpha value is -3.02. The monoisotopic (exact) mass is 318 g/mol. The molecule has 2 aromatic rings. The first-order valence-electron chi connectivity index (χ1n) is 6.83. The van der Waals surface area contributed by atoms with Gasteiger partial charge in [-0.3, -0.25) is 0 Å². The van der Waals surface area contributed by atoms with E-state index in [1.165, 1.54) is 24.0 Å². The van der Waals surface area contributed by atoms with Gasteiger partial charge in [0, 0.05) is 5.41 Å². The Morgan fingerprint density at radius 1 is 0.652 bits per heavy atom. The van der Waals surface area contributed by atoms with E-state index < -0.39 is 12.3 Å². The van der Waals surface area contributed by atoms with Crippen LogP contribution in [0.25, 0.3) is 0 Å². The van der Waals surface area contributed by atoms with Crippen LogP contribution in [0.15, 0.2) is 60.7 Å². The number of carboxylic acid groups (broad SMARTS) is 4. The van der Waals surface area contributed by atoms with Crippen LogP contribution in [0.3, 0.4) is 0 Å². The van der Waals surface area contributed by atoms with Gasteiger partial charge in [-0.1, -0.05) is 60.7 Å². The molecule has 0 bridgehead atoms. The Labute approximate surface area is 133 Å². The topological polar surface area (TPSA) is 115 Å². The summed E-state index contributed by atoms with van der Waals surface area (Å²) in [6, 6.07) is 21.7. The van der Waals surface area contributed by atoms with E-state index in [1.807, 2.05) is 0 Å². The Morgan fingerprint density at radius 2 is 0.913 bits per heavy atom. The van der Waals surface area contributed by atoms with Gasteiger partial charge in [0.2, 0.25) is 0 Å². The third-order valence-electron chi connectivity index (χ3n) is 3.40. The van der Waals surface area contributed by atoms with Crippen LogP contribution in [0.4, 0.5) is 9.59 Å². The molecule has 1 aliphatic carbocycles. The summed E-state index contributed by atoms with van der Waals surface area (Å²) in [5.74, 6) is 0. The molecular formula is C17H18O6. The molecule has 0 atom stereocenters. The fourth-order valence-electron chi connectivity index (χ4n) is 2.38. The lowest BCUT2D eigenvalue weighted by atomic mass is 9.88. The average molecular weight is 318 g/mol. The highest BCUT2D eigenvalue weighted by molar-refractivity contribution is 5.53. The number of hydrogen-bond donors (Lipinski definition) is 4. The van der Waals surface area contributed by atoms with E-state index in [9.17, 15) is 0 Å². The van der Waals surface area contributed by atoms with Crippen LogP contribution in [-0.2, 0) is 5.41 Å². The summed E-state index contributed by atoms with van der Waals surface area (Å²) in [6.07, 6.45) is -1.08. The molecule has 0 spiro atoms. The summed E-state index contributed by atoms with van der Waals surface area (Å²) >= 11 is 0. The zero-order chi connectivity index (χ0) is 17.3. The highest BCUT2D eigenvalue weighted by atomic mass is 16.6. The minimum atomic E-state index is -1.83. The number of carbonyl (C=O) groups is 2. The number of benzene rings is 2. The van der Waals surface area contributed by atoms with E-state index in [2.05, 4.69) is 60.7 Å². The molecule has 4 N–H and O–H groups in total. The van der Waals surface area contributed by atoms with Crippen LogP contribution >= 0.6 is 0 Å². The second kappa shape index (κ2) is 8.43. The summed E-state index contributed by atoms with van der Waals surface area (Å²) in [4.78, 5) is 17.1.